The Bertz CT molecular complexity index is 3190. The molecule has 0 radical (unpaired) electrons. The van der Waals surface area contributed by atoms with Crippen molar-refractivity contribution in [1.82, 2.24) is 0 Å². The molecule has 1 aliphatic carbocycles. The molecule has 12 rings (SSSR count). The van der Waals surface area contributed by atoms with E-state index in [1.54, 1.807) is 0 Å². The predicted octanol–water partition coefficient (Wildman–Crippen LogP) is 14.7. The largest absolute Gasteiger partial charge is 0.457 e. The zero-order valence-corrected chi connectivity index (χ0v) is 32.2. The van der Waals surface area contributed by atoms with Gasteiger partial charge in [-0.15, -0.1) is 0 Å². The highest BCUT2D eigenvalue weighted by atomic mass is 16.5. The second-order valence-corrected chi connectivity index (χ2v) is 15.7. The number of ether oxygens (including phenoxy) is 1. The van der Waals surface area contributed by atoms with Crippen molar-refractivity contribution >= 4 is 27.2 Å². The maximum Gasteiger partial charge on any atom is 0.132 e. The van der Waals surface area contributed by atoms with Gasteiger partial charge in [0.1, 0.15) is 11.5 Å². The lowest BCUT2D eigenvalue weighted by molar-refractivity contribution is 0.436. The van der Waals surface area contributed by atoms with Crippen molar-refractivity contribution in [3.63, 3.8) is 0 Å². The van der Waals surface area contributed by atoms with E-state index in [4.69, 9.17) is 10.5 Å². The first-order valence-electron chi connectivity index (χ1n) is 20.3. The molecule has 10 aromatic rings. The topological polar surface area (TPSA) is 35.2 Å². The molecule has 0 atom stereocenters. The molecular weight excluding hydrogens is 715 g/mol. The average molecular weight is 752 g/mol. The lowest BCUT2D eigenvalue weighted by Gasteiger charge is -2.39. The Kier molecular flexibility index (Phi) is 7.33. The third-order valence-electron chi connectivity index (χ3n) is 12.7. The van der Waals surface area contributed by atoms with Gasteiger partial charge in [-0.05, 0) is 119 Å². The molecule has 0 amide bonds. The van der Waals surface area contributed by atoms with E-state index in [-0.39, 0.29) is 0 Å². The number of hydrogen-bond acceptors (Lipinski definition) is 2. The van der Waals surface area contributed by atoms with Gasteiger partial charge in [0.15, 0.2) is 0 Å². The number of nitrogen functional groups attached to an aromatic ring is 1. The number of fused-ring (bicyclic) bond motifs is 11. The maximum absolute atomic E-state index is 6.70. The van der Waals surface area contributed by atoms with Crippen LogP contribution in [0.4, 0.5) is 5.69 Å². The lowest BCUT2D eigenvalue weighted by atomic mass is 9.66. The summed E-state index contributed by atoms with van der Waals surface area (Å²) in [6.45, 7) is 0. The quantitative estimate of drug-likeness (QED) is 0.144. The molecule has 2 heteroatoms. The number of hydrogen-bond donors (Lipinski definition) is 1. The summed E-state index contributed by atoms with van der Waals surface area (Å²) in [4.78, 5) is 0. The van der Waals surface area contributed by atoms with Gasteiger partial charge >= 0.3 is 0 Å². The smallest absolute Gasteiger partial charge is 0.132 e. The number of rotatable bonds is 4. The fraction of sp³-hybridized carbons (Fsp3) is 0.0175. The van der Waals surface area contributed by atoms with Gasteiger partial charge in [0.05, 0.1) is 5.41 Å². The van der Waals surface area contributed by atoms with Crippen molar-refractivity contribution in [2.75, 3.05) is 5.73 Å². The Balaban J connectivity index is 1.16. The first-order chi connectivity index (χ1) is 29.2. The molecule has 276 valence electrons. The fourth-order valence-electron chi connectivity index (χ4n) is 10.2. The zero-order chi connectivity index (χ0) is 39.1. The minimum atomic E-state index is -0.587. The normalized spacial score (nSPS) is 13.1. The molecule has 2 N–H and O–H groups in total. The monoisotopic (exact) mass is 751 g/mol. The van der Waals surface area contributed by atoms with E-state index >= 15 is 0 Å². The van der Waals surface area contributed by atoms with Gasteiger partial charge in [-0.1, -0.05) is 182 Å². The molecular formula is C57H37NO. The SMILES string of the molecule is Nc1ccc(-c2ccc(-c3cccc4c3-c3cc(-c5c6ccccc6c(-c6ccccc6)c6ccccc56)ccc3C43c4ccccc4Oc4ccccc43)cc2)cc1. The maximum atomic E-state index is 6.70. The Hall–Kier alpha value is -7.68. The first kappa shape index (κ1) is 33.5. The van der Waals surface area contributed by atoms with Crippen LogP contribution in [0.5, 0.6) is 11.5 Å². The first-order valence-corrected chi connectivity index (χ1v) is 20.3. The van der Waals surface area contributed by atoms with Gasteiger partial charge < -0.3 is 10.5 Å². The van der Waals surface area contributed by atoms with Crippen molar-refractivity contribution < 1.29 is 4.74 Å². The molecule has 1 spiro atoms. The molecule has 2 nitrogen and oxygen atoms in total. The molecule has 2 aliphatic rings. The van der Waals surface area contributed by atoms with Crippen LogP contribution in [0, 0.1) is 0 Å². The third-order valence-corrected chi connectivity index (χ3v) is 12.7. The van der Waals surface area contributed by atoms with Crippen LogP contribution in [0.1, 0.15) is 22.3 Å². The van der Waals surface area contributed by atoms with Crippen LogP contribution in [-0.4, -0.2) is 0 Å². The van der Waals surface area contributed by atoms with Gasteiger partial charge in [-0.2, -0.15) is 0 Å². The Labute approximate surface area is 343 Å². The van der Waals surface area contributed by atoms with Crippen molar-refractivity contribution in [3.8, 4) is 67.1 Å². The molecule has 0 fully saturated rings. The zero-order valence-electron chi connectivity index (χ0n) is 32.2. The Morgan fingerprint density at radius 3 is 1.39 bits per heavy atom. The van der Waals surface area contributed by atoms with Crippen LogP contribution in [0.2, 0.25) is 0 Å². The number of anilines is 1. The average Bonchev–Trinajstić information content (AvgIpc) is 3.59. The predicted molar refractivity (Wildman–Crippen MR) is 245 cm³/mol. The molecule has 0 saturated carbocycles. The molecule has 0 saturated heterocycles. The highest BCUT2D eigenvalue weighted by molar-refractivity contribution is 6.21. The molecule has 0 unspecified atom stereocenters. The van der Waals surface area contributed by atoms with Gasteiger partial charge in [-0.25, -0.2) is 0 Å². The minimum absolute atomic E-state index is 0.587. The second-order valence-electron chi connectivity index (χ2n) is 15.7. The number of para-hydroxylation sites is 2. The molecule has 10 aromatic carbocycles. The highest BCUT2D eigenvalue weighted by Gasteiger charge is 2.51. The van der Waals surface area contributed by atoms with Crippen molar-refractivity contribution in [1.29, 1.82) is 0 Å². The summed E-state index contributed by atoms with van der Waals surface area (Å²) in [5.74, 6) is 1.78. The molecule has 0 aromatic heterocycles. The highest BCUT2D eigenvalue weighted by Crippen LogP contribution is 2.64. The summed E-state index contributed by atoms with van der Waals surface area (Å²) >= 11 is 0. The summed E-state index contributed by atoms with van der Waals surface area (Å²) in [6.07, 6.45) is 0. The summed E-state index contributed by atoms with van der Waals surface area (Å²) in [5.41, 5.74) is 23.2. The van der Waals surface area contributed by atoms with Gasteiger partial charge in [0, 0.05) is 16.8 Å². The van der Waals surface area contributed by atoms with Crippen molar-refractivity contribution in [2.24, 2.45) is 0 Å². The van der Waals surface area contributed by atoms with E-state index in [1.807, 2.05) is 12.1 Å². The summed E-state index contributed by atoms with van der Waals surface area (Å²) in [5, 5.41) is 4.98. The van der Waals surface area contributed by atoms with Crippen LogP contribution in [0.15, 0.2) is 212 Å². The van der Waals surface area contributed by atoms with Crippen LogP contribution < -0.4 is 10.5 Å². The van der Waals surface area contributed by atoms with E-state index in [9.17, 15) is 0 Å². The Morgan fingerprint density at radius 2 is 0.780 bits per heavy atom. The van der Waals surface area contributed by atoms with Crippen molar-refractivity contribution in [2.45, 2.75) is 5.41 Å². The van der Waals surface area contributed by atoms with E-state index < -0.39 is 5.41 Å². The van der Waals surface area contributed by atoms with Gasteiger partial charge in [0.25, 0.3) is 0 Å². The van der Waals surface area contributed by atoms with Gasteiger partial charge in [-0.3, -0.25) is 0 Å². The van der Waals surface area contributed by atoms with Crippen molar-refractivity contribution in [3.05, 3.63) is 235 Å². The van der Waals surface area contributed by atoms with E-state index in [2.05, 4.69) is 200 Å². The minimum Gasteiger partial charge on any atom is -0.457 e. The molecule has 1 aliphatic heterocycles. The summed E-state index contributed by atoms with van der Waals surface area (Å²) in [7, 11) is 0. The van der Waals surface area contributed by atoms with Crippen LogP contribution in [0.25, 0.3) is 77.2 Å². The fourth-order valence-corrected chi connectivity index (χ4v) is 10.2. The summed E-state index contributed by atoms with van der Waals surface area (Å²) in [6, 6.07) is 77.1. The van der Waals surface area contributed by atoms with Crippen LogP contribution in [-0.2, 0) is 5.41 Å². The van der Waals surface area contributed by atoms with E-state index in [0.29, 0.717) is 0 Å². The van der Waals surface area contributed by atoms with Crippen LogP contribution >= 0.6 is 0 Å². The Morgan fingerprint density at radius 1 is 0.305 bits per heavy atom. The van der Waals surface area contributed by atoms with E-state index in [0.717, 1.165) is 39.4 Å². The van der Waals surface area contributed by atoms with Gasteiger partial charge in [0.2, 0.25) is 0 Å². The molecule has 0 bridgehead atoms. The van der Waals surface area contributed by atoms with E-state index in [1.165, 1.54) is 77.2 Å². The number of benzene rings is 10. The van der Waals surface area contributed by atoms with Crippen LogP contribution in [0.3, 0.4) is 0 Å². The third kappa shape index (κ3) is 4.87. The number of nitrogens with two attached hydrogens (primary N) is 1. The lowest BCUT2D eigenvalue weighted by Crippen LogP contribution is -2.32. The second kappa shape index (κ2) is 12.9. The standard InChI is InChI=1S/C57H37NO/c58-41-32-29-37(30-33-41)36-25-27-38(28-26-36)42-19-12-22-51-56(42)47-35-40(31-34-48(47)57(51)49-20-8-10-23-52(49)59-53-24-11-9-21-50(53)57)55-45-17-6-4-15-43(45)54(39-13-2-1-3-14-39)44-16-5-7-18-46(44)55/h1-35H,58H2. The molecule has 1 heterocycles. The molecule has 59 heavy (non-hydrogen) atoms. The summed E-state index contributed by atoms with van der Waals surface area (Å²) < 4.78 is 6.70.